The van der Waals surface area contributed by atoms with Crippen LogP contribution in [-0.2, 0) is 0 Å². The zero-order chi connectivity index (χ0) is 13.7. The Bertz CT molecular complexity index is 391. The third kappa shape index (κ3) is 3.86. The van der Waals surface area contributed by atoms with Gasteiger partial charge in [-0.3, -0.25) is 4.90 Å². The van der Waals surface area contributed by atoms with E-state index >= 15 is 0 Å². The third-order valence-corrected chi connectivity index (χ3v) is 4.74. The van der Waals surface area contributed by atoms with Gasteiger partial charge in [-0.2, -0.15) is 0 Å². The molecule has 0 aliphatic carbocycles. The molecule has 0 aromatic heterocycles. The topological polar surface area (TPSA) is 15.7 Å². The van der Waals surface area contributed by atoms with Gasteiger partial charge in [0.25, 0.3) is 0 Å². The summed E-state index contributed by atoms with van der Waals surface area (Å²) in [6.45, 7) is 7.90. The Kier molecular flexibility index (Phi) is 5.52. The summed E-state index contributed by atoms with van der Waals surface area (Å²) < 4.78 is 5.45. The number of anilines is 1. The summed E-state index contributed by atoms with van der Waals surface area (Å²) in [7, 11) is 1.74. The molecule has 0 saturated carbocycles. The average Bonchev–Trinajstić information content (AvgIpc) is 2.48. The van der Waals surface area contributed by atoms with Crippen LogP contribution in [0, 0.1) is 5.92 Å². The van der Waals surface area contributed by atoms with Gasteiger partial charge in [-0.15, -0.1) is 0 Å². The Hall–Kier alpha value is -0.740. The predicted molar refractivity (Wildman–Crippen MR) is 84.6 cm³/mol. The minimum absolute atomic E-state index is 0.720. The molecule has 0 amide bonds. The first-order valence-electron chi connectivity index (χ1n) is 6.91. The van der Waals surface area contributed by atoms with Crippen molar-refractivity contribution < 1.29 is 4.74 Å². The monoisotopic (exact) mass is 326 g/mol. The summed E-state index contributed by atoms with van der Waals surface area (Å²) in [5.74, 6) is 1.70. The van der Waals surface area contributed by atoms with Gasteiger partial charge in [0, 0.05) is 38.1 Å². The van der Waals surface area contributed by atoms with Crippen LogP contribution >= 0.6 is 15.9 Å². The van der Waals surface area contributed by atoms with Gasteiger partial charge in [0.1, 0.15) is 5.75 Å². The quantitative estimate of drug-likeness (QED) is 0.774. The van der Waals surface area contributed by atoms with Gasteiger partial charge in [0.15, 0.2) is 0 Å². The van der Waals surface area contributed by atoms with Crippen LogP contribution in [0.3, 0.4) is 0 Å². The molecule has 1 unspecified atom stereocenters. The molecule has 1 aromatic rings. The van der Waals surface area contributed by atoms with Crippen LogP contribution in [0.25, 0.3) is 0 Å². The third-order valence-electron chi connectivity index (χ3n) is 3.63. The molecule has 2 rings (SSSR count). The Morgan fingerprint density at radius 3 is 2.53 bits per heavy atom. The Balaban J connectivity index is 1.92. The van der Waals surface area contributed by atoms with E-state index in [1.807, 2.05) is 12.1 Å². The number of ether oxygens (including phenoxy) is 1. The predicted octanol–water partition coefficient (Wildman–Crippen LogP) is 2.85. The van der Waals surface area contributed by atoms with E-state index in [2.05, 4.69) is 44.8 Å². The fourth-order valence-corrected chi connectivity index (χ4v) is 2.76. The molecule has 0 N–H and O–H groups in total. The number of methoxy groups -OCH3 is 1. The standard InChI is InChI=1S/C15H23BrN2O/c1-13(11-16)12-17-7-9-18(10-8-17)14-5-3-4-6-15(14)19-2/h3-6,13H,7-12H2,1-2H3. The lowest BCUT2D eigenvalue weighted by Crippen LogP contribution is -2.47. The molecule has 1 aromatic carbocycles. The smallest absolute Gasteiger partial charge is 0.142 e. The molecule has 106 valence electrons. The van der Waals surface area contributed by atoms with Gasteiger partial charge in [-0.05, 0) is 18.1 Å². The van der Waals surface area contributed by atoms with E-state index in [9.17, 15) is 0 Å². The van der Waals surface area contributed by atoms with Crippen molar-refractivity contribution in [3.63, 3.8) is 0 Å². The van der Waals surface area contributed by atoms with Gasteiger partial charge >= 0.3 is 0 Å². The molecule has 4 heteroatoms. The molecule has 0 radical (unpaired) electrons. The molecule has 1 heterocycles. The van der Waals surface area contributed by atoms with Crippen LogP contribution in [-0.4, -0.2) is 50.1 Å². The van der Waals surface area contributed by atoms with Crippen molar-refractivity contribution in [3.05, 3.63) is 24.3 Å². The number of nitrogens with zero attached hydrogens (tertiary/aromatic N) is 2. The summed E-state index contributed by atoms with van der Waals surface area (Å²) >= 11 is 3.56. The highest BCUT2D eigenvalue weighted by Crippen LogP contribution is 2.28. The maximum absolute atomic E-state index is 5.45. The Labute approximate surface area is 124 Å². The largest absolute Gasteiger partial charge is 0.495 e. The van der Waals surface area contributed by atoms with Gasteiger partial charge in [-0.1, -0.05) is 35.0 Å². The van der Waals surface area contributed by atoms with Crippen molar-refractivity contribution in [1.82, 2.24) is 4.90 Å². The van der Waals surface area contributed by atoms with E-state index < -0.39 is 0 Å². The van der Waals surface area contributed by atoms with Crippen molar-refractivity contribution >= 4 is 21.6 Å². The molecule has 19 heavy (non-hydrogen) atoms. The van der Waals surface area contributed by atoms with E-state index in [-0.39, 0.29) is 0 Å². The first-order valence-corrected chi connectivity index (χ1v) is 8.03. The second-order valence-electron chi connectivity index (χ2n) is 5.22. The number of hydrogen-bond acceptors (Lipinski definition) is 3. The van der Waals surface area contributed by atoms with Crippen molar-refractivity contribution in [3.8, 4) is 5.75 Å². The number of hydrogen-bond donors (Lipinski definition) is 0. The molecule has 1 saturated heterocycles. The fourth-order valence-electron chi connectivity index (χ4n) is 2.55. The van der Waals surface area contributed by atoms with Crippen LogP contribution in [0.1, 0.15) is 6.92 Å². The van der Waals surface area contributed by atoms with Crippen LogP contribution in [0.4, 0.5) is 5.69 Å². The van der Waals surface area contributed by atoms with Crippen LogP contribution in [0.2, 0.25) is 0 Å². The normalized spacial score (nSPS) is 18.4. The zero-order valence-electron chi connectivity index (χ0n) is 11.8. The first-order chi connectivity index (χ1) is 9.24. The summed E-state index contributed by atoms with van der Waals surface area (Å²) in [4.78, 5) is 4.98. The average molecular weight is 327 g/mol. The molecule has 3 nitrogen and oxygen atoms in total. The van der Waals surface area contributed by atoms with Crippen LogP contribution in [0.15, 0.2) is 24.3 Å². The van der Waals surface area contributed by atoms with E-state index in [1.54, 1.807) is 7.11 Å². The van der Waals surface area contributed by atoms with Gasteiger partial charge in [0.05, 0.1) is 12.8 Å². The molecule has 0 spiro atoms. The van der Waals surface area contributed by atoms with Crippen molar-refractivity contribution in [2.24, 2.45) is 5.92 Å². The summed E-state index contributed by atoms with van der Waals surface area (Å²) in [5, 5.41) is 1.08. The SMILES string of the molecule is COc1ccccc1N1CCN(CC(C)CBr)CC1. The van der Waals surface area contributed by atoms with Crippen LogP contribution in [0.5, 0.6) is 5.75 Å². The van der Waals surface area contributed by atoms with E-state index in [4.69, 9.17) is 4.74 Å². The Morgan fingerprint density at radius 2 is 1.89 bits per heavy atom. The second kappa shape index (κ2) is 7.15. The lowest BCUT2D eigenvalue weighted by molar-refractivity contribution is 0.232. The highest BCUT2D eigenvalue weighted by atomic mass is 79.9. The highest BCUT2D eigenvalue weighted by Gasteiger charge is 2.20. The zero-order valence-corrected chi connectivity index (χ0v) is 13.4. The maximum atomic E-state index is 5.45. The lowest BCUT2D eigenvalue weighted by Gasteiger charge is -2.37. The molecule has 1 fully saturated rings. The highest BCUT2D eigenvalue weighted by molar-refractivity contribution is 9.09. The number of halogens is 1. The summed E-state index contributed by atoms with van der Waals surface area (Å²) in [5.41, 5.74) is 1.22. The number of para-hydroxylation sites is 2. The number of alkyl halides is 1. The van der Waals surface area contributed by atoms with Gasteiger partial charge in [0.2, 0.25) is 0 Å². The molecule has 1 aliphatic rings. The summed E-state index contributed by atoms with van der Waals surface area (Å²) in [6, 6.07) is 8.29. The summed E-state index contributed by atoms with van der Waals surface area (Å²) in [6.07, 6.45) is 0. The minimum Gasteiger partial charge on any atom is -0.495 e. The van der Waals surface area contributed by atoms with Crippen molar-refractivity contribution in [2.75, 3.05) is 50.1 Å². The molecular weight excluding hydrogens is 304 g/mol. The molecule has 1 atom stereocenters. The molecule has 1 aliphatic heterocycles. The lowest BCUT2D eigenvalue weighted by atomic mass is 10.1. The number of rotatable bonds is 5. The fraction of sp³-hybridized carbons (Fsp3) is 0.600. The van der Waals surface area contributed by atoms with E-state index in [0.717, 1.165) is 43.2 Å². The Morgan fingerprint density at radius 1 is 1.21 bits per heavy atom. The number of benzene rings is 1. The van der Waals surface area contributed by atoms with Crippen LogP contribution < -0.4 is 9.64 Å². The first kappa shape index (κ1) is 14.7. The van der Waals surface area contributed by atoms with E-state index in [1.165, 1.54) is 12.2 Å². The van der Waals surface area contributed by atoms with Crippen molar-refractivity contribution in [2.45, 2.75) is 6.92 Å². The van der Waals surface area contributed by atoms with Crippen molar-refractivity contribution in [1.29, 1.82) is 0 Å². The second-order valence-corrected chi connectivity index (χ2v) is 5.87. The molecule has 0 bridgehead atoms. The minimum atomic E-state index is 0.720. The van der Waals surface area contributed by atoms with Gasteiger partial charge in [-0.25, -0.2) is 0 Å². The van der Waals surface area contributed by atoms with Gasteiger partial charge < -0.3 is 9.64 Å². The van der Waals surface area contributed by atoms with E-state index in [0.29, 0.717) is 0 Å². The molecular formula is C15H23BrN2O. The maximum Gasteiger partial charge on any atom is 0.142 e. The number of piperazine rings is 1.